The first kappa shape index (κ1) is 7.56. The molecule has 2 aliphatic rings. The predicted octanol–water partition coefficient (Wildman–Crippen LogP) is 0.833. The summed E-state index contributed by atoms with van der Waals surface area (Å²) in [5.41, 5.74) is 0. The van der Waals surface area contributed by atoms with Crippen molar-refractivity contribution in [2.24, 2.45) is 0 Å². The lowest BCUT2D eigenvalue weighted by atomic mass is 10.2. The van der Waals surface area contributed by atoms with Crippen LogP contribution in [0.4, 0.5) is 0 Å². The number of rotatable bonds is 3. The van der Waals surface area contributed by atoms with Crippen molar-refractivity contribution in [1.29, 1.82) is 0 Å². The molecule has 2 heterocycles. The van der Waals surface area contributed by atoms with Crippen molar-refractivity contribution in [1.82, 2.24) is 10.2 Å². The lowest BCUT2D eigenvalue weighted by Gasteiger charge is -2.26. The predicted molar refractivity (Wildman–Crippen MR) is 46.7 cm³/mol. The third kappa shape index (κ3) is 1.42. The Balaban J connectivity index is 1.78. The van der Waals surface area contributed by atoms with Crippen molar-refractivity contribution in [3.05, 3.63) is 0 Å². The molecular formula is C9H18N2. The SMILES string of the molecule is CCCCN1CC2CC1CN2. The van der Waals surface area contributed by atoms with Gasteiger partial charge < -0.3 is 5.32 Å². The standard InChI is InChI=1S/C9H18N2/c1-2-3-4-11-7-8-5-9(11)6-10-8/h8-10H,2-7H2,1H3. The fraction of sp³-hybridized carbons (Fsp3) is 1.00. The van der Waals surface area contributed by atoms with Gasteiger partial charge in [-0.2, -0.15) is 0 Å². The van der Waals surface area contributed by atoms with Crippen molar-refractivity contribution >= 4 is 0 Å². The highest BCUT2D eigenvalue weighted by molar-refractivity contribution is 4.96. The van der Waals surface area contributed by atoms with Gasteiger partial charge in [0.05, 0.1) is 0 Å². The van der Waals surface area contributed by atoms with E-state index in [0.29, 0.717) is 0 Å². The molecular weight excluding hydrogens is 136 g/mol. The molecule has 2 atom stereocenters. The maximum absolute atomic E-state index is 3.52. The smallest absolute Gasteiger partial charge is 0.0236 e. The van der Waals surface area contributed by atoms with Crippen LogP contribution >= 0.6 is 0 Å². The summed E-state index contributed by atoms with van der Waals surface area (Å²) in [7, 11) is 0. The lowest BCUT2D eigenvalue weighted by Crippen LogP contribution is -2.43. The van der Waals surface area contributed by atoms with Crippen LogP contribution in [0.2, 0.25) is 0 Å². The molecule has 1 N–H and O–H groups in total. The molecule has 2 fully saturated rings. The van der Waals surface area contributed by atoms with Gasteiger partial charge in [0.15, 0.2) is 0 Å². The van der Waals surface area contributed by atoms with E-state index in [1.165, 1.54) is 38.9 Å². The molecule has 0 radical (unpaired) electrons. The quantitative estimate of drug-likeness (QED) is 0.648. The topological polar surface area (TPSA) is 15.3 Å². The highest BCUT2D eigenvalue weighted by Gasteiger charge is 2.36. The van der Waals surface area contributed by atoms with E-state index in [1.807, 2.05) is 0 Å². The number of fused-ring (bicyclic) bond motifs is 2. The van der Waals surface area contributed by atoms with Gasteiger partial charge in [-0.1, -0.05) is 13.3 Å². The molecule has 2 aliphatic heterocycles. The Kier molecular flexibility index (Phi) is 2.14. The van der Waals surface area contributed by atoms with E-state index in [2.05, 4.69) is 17.1 Å². The van der Waals surface area contributed by atoms with Gasteiger partial charge in [-0.15, -0.1) is 0 Å². The number of likely N-dealkylation sites (tertiary alicyclic amines) is 1. The van der Waals surface area contributed by atoms with Crippen molar-refractivity contribution in [2.45, 2.75) is 38.3 Å². The fourth-order valence-corrected chi connectivity index (χ4v) is 2.28. The maximum atomic E-state index is 3.52. The minimum atomic E-state index is 0.830. The Morgan fingerprint density at radius 1 is 1.55 bits per heavy atom. The summed E-state index contributed by atoms with van der Waals surface area (Å²) in [5, 5.41) is 3.52. The van der Waals surface area contributed by atoms with Crippen LogP contribution in [0.1, 0.15) is 26.2 Å². The van der Waals surface area contributed by atoms with Crippen molar-refractivity contribution in [2.75, 3.05) is 19.6 Å². The Labute approximate surface area is 69.0 Å². The summed E-state index contributed by atoms with van der Waals surface area (Å²) in [6.07, 6.45) is 4.12. The number of piperazine rings is 1. The molecule has 2 nitrogen and oxygen atoms in total. The first-order chi connectivity index (χ1) is 5.40. The summed E-state index contributed by atoms with van der Waals surface area (Å²) in [6, 6.07) is 1.71. The number of hydrogen-bond acceptors (Lipinski definition) is 2. The first-order valence-electron chi connectivity index (χ1n) is 4.87. The first-order valence-corrected chi connectivity index (χ1v) is 4.87. The van der Waals surface area contributed by atoms with Crippen molar-refractivity contribution in [3.63, 3.8) is 0 Å². The third-order valence-electron chi connectivity index (χ3n) is 2.97. The Hall–Kier alpha value is -0.0800. The minimum absolute atomic E-state index is 0.830. The van der Waals surface area contributed by atoms with Crippen LogP contribution in [0.15, 0.2) is 0 Å². The van der Waals surface area contributed by atoms with Crippen LogP contribution in [0.25, 0.3) is 0 Å². The number of unbranched alkanes of at least 4 members (excludes halogenated alkanes) is 1. The van der Waals surface area contributed by atoms with Crippen LogP contribution in [-0.2, 0) is 0 Å². The molecule has 0 aromatic carbocycles. The zero-order valence-corrected chi connectivity index (χ0v) is 7.34. The zero-order chi connectivity index (χ0) is 7.68. The molecule has 0 aromatic rings. The van der Waals surface area contributed by atoms with Gasteiger partial charge in [-0.3, -0.25) is 4.90 Å². The second-order valence-corrected chi connectivity index (χ2v) is 3.84. The van der Waals surface area contributed by atoms with E-state index in [4.69, 9.17) is 0 Å². The normalized spacial score (nSPS) is 36.8. The molecule has 2 rings (SSSR count). The van der Waals surface area contributed by atoms with Gasteiger partial charge in [-0.25, -0.2) is 0 Å². The van der Waals surface area contributed by atoms with Crippen LogP contribution in [-0.4, -0.2) is 36.6 Å². The maximum Gasteiger partial charge on any atom is 0.0236 e. The molecule has 2 bridgehead atoms. The molecule has 2 saturated heterocycles. The average molecular weight is 154 g/mol. The van der Waals surface area contributed by atoms with E-state index in [-0.39, 0.29) is 0 Å². The monoisotopic (exact) mass is 154 g/mol. The number of nitrogens with one attached hydrogen (secondary N) is 1. The van der Waals surface area contributed by atoms with Gasteiger partial charge in [-0.05, 0) is 19.4 Å². The fourth-order valence-electron chi connectivity index (χ4n) is 2.28. The molecule has 0 aromatic heterocycles. The van der Waals surface area contributed by atoms with E-state index in [1.54, 1.807) is 0 Å². The largest absolute Gasteiger partial charge is 0.311 e. The molecule has 11 heavy (non-hydrogen) atoms. The second-order valence-electron chi connectivity index (χ2n) is 3.84. The highest BCUT2D eigenvalue weighted by Crippen LogP contribution is 2.22. The molecule has 0 aliphatic carbocycles. The van der Waals surface area contributed by atoms with Crippen LogP contribution in [0, 0.1) is 0 Å². The minimum Gasteiger partial charge on any atom is -0.311 e. The van der Waals surface area contributed by atoms with E-state index in [9.17, 15) is 0 Å². The summed E-state index contributed by atoms with van der Waals surface area (Å²) >= 11 is 0. The average Bonchev–Trinajstić information content (AvgIpc) is 2.60. The summed E-state index contributed by atoms with van der Waals surface area (Å²) in [4.78, 5) is 2.66. The van der Waals surface area contributed by atoms with Gasteiger partial charge in [0.1, 0.15) is 0 Å². The van der Waals surface area contributed by atoms with Crippen molar-refractivity contribution < 1.29 is 0 Å². The van der Waals surface area contributed by atoms with Crippen LogP contribution < -0.4 is 5.32 Å². The third-order valence-corrected chi connectivity index (χ3v) is 2.97. The molecule has 0 saturated carbocycles. The Morgan fingerprint density at radius 3 is 3.00 bits per heavy atom. The molecule has 2 heteroatoms. The Bertz CT molecular complexity index is 136. The number of hydrogen-bond donors (Lipinski definition) is 1. The van der Waals surface area contributed by atoms with Crippen LogP contribution in [0.5, 0.6) is 0 Å². The number of nitrogens with zero attached hydrogens (tertiary/aromatic N) is 1. The van der Waals surface area contributed by atoms with E-state index in [0.717, 1.165) is 12.1 Å². The molecule has 0 spiro atoms. The van der Waals surface area contributed by atoms with Gasteiger partial charge in [0.25, 0.3) is 0 Å². The van der Waals surface area contributed by atoms with E-state index >= 15 is 0 Å². The molecule has 0 amide bonds. The Morgan fingerprint density at radius 2 is 2.45 bits per heavy atom. The van der Waals surface area contributed by atoms with Gasteiger partial charge in [0.2, 0.25) is 0 Å². The summed E-state index contributed by atoms with van der Waals surface area (Å²) < 4.78 is 0. The van der Waals surface area contributed by atoms with Gasteiger partial charge in [0, 0.05) is 25.2 Å². The molecule has 64 valence electrons. The lowest BCUT2D eigenvalue weighted by molar-refractivity contribution is 0.223. The zero-order valence-electron chi connectivity index (χ0n) is 7.34. The highest BCUT2D eigenvalue weighted by atomic mass is 15.3. The molecule has 2 unspecified atom stereocenters. The van der Waals surface area contributed by atoms with Crippen LogP contribution in [0.3, 0.4) is 0 Å². The summed E-state index contributed by atoms with van der Waals surface area (Å²) in [5.74, 6) is 0. The summed E-state index contributed by atoms with van der Waals surface area (Å²) in [6.45, 7) is 6.16. The second kappa shape index (κ2) is 3.11. The van der Waals surface area contributed by atoms with Crippen molar-refractivity contribution in [3.8, 4) is 0 Å². The van der Waals surface area contributed by atoms with Gasteiger partial charge >= 0.3 is 0 Å². The van der Waals surface area contributed by atoms with E-state index < -0.39 is 0 Å².